The molecule has 11 aromatic rings. The molecule has 13 rings (SSSR count). The molecule has 0 aliphatic carbocycles. The first-order chi connectivity index (χ1) is 46.6. The fourth-order valence-corrected chi connectivity index (χ4v) is 18.9. The molecular weight excluding hydrogens is 1260 g/mol. The fraction of sp³-hybridized carbons (Fsp3) is 0.278. The van der Waals surface area contributed by atoms with Crippen molar-refractivity contribution < 1.29 is 51.9 Å². The van der Waals surface area contributed by atoms with E-state index in [9.17, 15) is 15.0 Å². The van der Waals surface area contributed by atoms with Crippen molar-refractivity contribution >= 4 is 60.4 Å². The summed E-state index contributed by atoms with van der Waals surface area (Å²) in [5, 5.41) is 33.8. The van der Waals surface area contributed by atoms with Crippen molar-refractivity contribution in [2.45, 2.75) is 93.6 Å². The van der Waals surface area contributed by atoms with Gasteiger partial charge in [-0.3, -0.25) is 28.0 Å². The normalized spacial score (nSPS) is 20.5. The first-order valence-corrected chi connectivity index (χ1v) is 35.5. The van der Waals surface area contributed by atoms with Crippen LogP contribution in [0.4, 0.5) is 11.8 Å². The van der Waals surface area contributed by atoms with Gasteiger partial charge in [0.05, 0.1) is 40.1 Å². The number of nitrogens with zero attached hydrogens (tertiary/aromatic N) is 7. The highest BCUT2D eigenvalue weighted by Gasteiger charge is 2.57. The number of hydrogen-bond donors (Lipinski definition) is 5. The van der Waals surface area contributed by atoms with E-state index < -0.39 is 87.8 Å². The Bertz CT molecular complexity index is 4430. The number of ether oxygens (including phenoxy) is 5. The molecule has 1 unspecified atom stereocenters. The number of hydrogen-bond acceptors (Lipinski definition) is 19. The number of imidazole rings is 2. The molecule has 2 aliphatic rings. The molecule has 9 atom stereocenters. The van der Waals surface area contributed by atoms with Gasteiger partial charge in [-0.05, 0) is 67.5 Å². The van der Waals surface area contributed by atoms with Gasteiger partial charge in [-0.15, -0.1) is 0 Å². The van der Waals surface area contributed by atoms with Crippen molar-refractivity contribution in [3.8, 4) is 11.5 Å². The maximum absolute atomic E-state index is 15.7. The Hall–Kier alpha value is -9.23. The number of benzene rings is 7. The summed E-state index contributed by atoms with van der Waals surface area (Å²) < 4.78 is 72.3. The van der Waals surface area contributed by atoms with Crippen LogP contribution in [0.2, 0.25) is 5.04 Å². The molecule has 22 nitrogen and oxygen atoms in total. The summed E-state index contributed by atoms with van der Waals surface area (Å²) >= 11 is 0. The predicted molar refractivity (Wildman–Crippen MR) is 366 cm³/mol. The van der Waals surface area contributed by atoms with Crippen LogP contribution in [-0.4, -0.2) is 128 Å². The lowest BCUT2D eigenvalue weighted by Gasteiger charge is -2.45. The predicted octanol–water partition coefficient (Wildman–Crippen LogP) is 9.90. The summed E-state index contributed by atoms with van der Waals surface area (Å²) in [6.45, 7) is 7.70. The lowest BCUT2D eigenvalue weighted by molar-refractivity contribution is -0.0933. The number of aromatic amines is 1. The van der Waals surface area contributed by atoms with Gasteiger partial charge in [0.1, 0.15) is 60.1 Å². The van der Waals surface area contributed by atoms with E-state index in [0.29, 0.717) is 41.6 Å². The maximum Gasteiger partial charge on any atom is 0.328 e. The first-order valence-electron chi connectivity index (χ1n) is 31.6. The molecule has 0 bridgehead atoms. The molecule has 6 heterocycles. The standard InChI is InChI=1S/C72H75N10O12PSi/c1-71(2,3)96(54-28-18-10-19-29-54,55-30-20-11-21-31-55)94-63-57(92-69(61(63)84)82-46-78-59-66(82)79-70(80-67(59)85)74-41-48-24-14-8-15-25-48)43-90-95(6,86)93-62-56(91-68(60(62)83)81-45-77-58-64(75-44-76-65(58)81)73-40-47-22-12-7-13-23-47)42-89-72(49-26-16-9-17-27-49,50-32-36-52(87-4)37-33-50)51-34-38-53(88-5)39-35-51/h7-39,44-46,56-57,60-63,68-69,83-84H,40-43H2,1-6H3,(H,73,75,76)(H2,74,79,80,85)/t56-,57-,60-,61-,62-,63-,68-,69-,95?/m1/s1. The zero-order valence-corrected chi connectivity index (χ0v) is 55.7. The molecule has 0 radical (unpaired) electrons. The van der Waals surface area contributed by atoms with E-state index in [1.54, 1.807) is 18.8 Å². The van der Waals surface area contributed by atoms with E-state index in [4.69, 9.17) is 47.1 Å². The summed E-state index contributed by atoms with van der Waals surface area (Å²) in [5.74, 6) is 1.87. The summed E-state index contributed by atoms with van der Waals surface area (Å²) in [7, 11) is -4.74. The van der Waals surface area contributed by atoms with Crippen LogP contribution in [0.5, 0.6) is 11.5 Å². The smallest absolute Gasteiger partial charge is 0.328 e. The van der Waals surface area contributed by atoms with Crippen molar-refractivity contribution in [1.29, 1.82) is 0 Å². The summed E-state index contributed by atoms with van der Waals surface area (Å²) in [4.78, 5) is 39.7. The number of aromatic nitrogens is 8. The summed E-state index contributed by atoms with van der Waals surface area (Å²) in [6, 6.07) is 64.2. The van der Waals surface area contributed by atoms with Crippen LogP contribution in [0, 0.1) is 0 Å². The maximum atomic E-state index is 15.7. The number of anilines is 2. The zero-order chi connectivity index (χ0) is 66.6. The third kappa shape index (κ3) is 13.0. The van der Waals surface area contributed by atoms with E-state index >= 15 is 4.57 Å². The number of nitrogens with one attached hydrogen (secondary N) is 3. The van der Waals surface area contributed by atoms with E-state index in [1.165, 1.54) is 30.2 Å². The van der Waals surface area contributed by atoms with Crippen LogP contribution >= 0.6 is 7.60 Å². The van der Waals surface area contributed by atoms with Gasteiger partial charge in [-0.25, -0.2) is 19.9 Å². The zero-order valence-electron chi connectivity index (χ0n) is 53.8. The fourth-order valence-electron chi connectivity index (χ4n) is 13.0. The molecule has 2 fully saturated rings. The Labute approximate surface area is 555 Å². The van der Waals surface area contributed by atoms with Crippen molar-refractivity contribution in [2.75, 3.05) is 44.7 Å². The summed E-state index contributed by atoms with van der Waals surface area (Å²) in [6.07, 6.45) is -6.28. The third-order valence-corrected chi connectivity index (χ3v) is 24.0. The summed E-state index contributed by atoms with van der Waals surface area (Å²) in [5.41, 5.74) is 3.17. The monoisotopic (exact) mass is 1330 g/mol. The quantitative estimate of drug-likeness (QED) is 0.0202. The van der Waals surface area contributed by atoms with Gasteiger partial charge >= 0.3 is 7.60 Å². The minimum Gasteiger partial charge on any atom is -0.497 e. The van der Waals surface area contributed by atoms with Gasteiger partial charge in [-0.1, -0.05) is 197 Å². The van der Waals surface area contributed by atoms with Crippen LogP contribution in [0.3, 0.4) is 0 Å². The molecular formula is C72H75N10O12PSi. The molecule has 4 aromatic heterocycles. The SMILES string of the molecule is COc1ccc(C(OC[C@H]2O[C@@H](n3cnc4c(NCc5ccccc5)ncnc43)[C@H](O)[C@@H]2OP(C)(=O)OC[C@H]2O[C@@H](n3cnc4c(=O)[nH]c(NCc5ccccc5)nc43)[C@H](O)[C@@H]2O[Si](c2ccccc2)(c2ccccc2)C(C)(C)C)(c2ccccc2)c2ccc(OC)cc2)cc1. The first kappa shape index (κ1) is 65.4. The van der Waals surface area contributed by atoms with E-state index in [1.807, 2.05) is 200 Å². The minimum absolute atomic E-state index is 0.00571. The highest BCUT2D eigenvalue weighted by Crippen LogP contribution is 2.52. The highest BCUT2D eigenvalue weighted by molar-refractivity contribution is 7.53. The molecule has 0 saturated carbocycles. The minimum atomic E-state index is -4.41. The largest absolute Gasteiger partial charge is 0.497 e. The second kappa shape index (κ2) is 27.8. The Balaban J connectivity index is 0.864. The molecule has 0 spiro atoms. The number of aliphatic hydroxyl groups is 2. The van der Waals surface area contributed by atoms with Crippen molar-refractivity contribution in [1.82, 2.24) is 39.0 Å². The van der Waals surface area contributed by atoms with Crippen molar-refractivity contribution in [2.24, 2.45) is 0 Å². The molecule has 7 aromatic carbocycles. The highest BCUT2D eigenvalue weighted by atomic mass is 31.2. The van der Waals surface area contributed by atoms with Gasteiger partial charge in [0.15, 0.2) is 40.6 Å². The van der Waals surface area contributed by atoms with Crippen LogP contribution in [0.1, 0.15) is 61.0 Å². The van der Waals surface area contributed by atoms with Crippen LogP contribution in [-0.2, 0) is 50.9 Å². The van der Waals surface area contributed by atoms with E-state index in [0.717, 1.165) is 38.2 Å². The van der Waals surface area contributed by atoms with E-state index in [-0.39, 0.29) is 23.7 Å². The average molecular weight is 1330 g/mol. The second-order valence-electron chi connectivity index (χ2n) is 24.8. The van der Waals surface area contributed by atoms with Gasteiger partial charge in [0.25, 0.3) is 13.9 Å². The van der Waals surface area contributed by atoms with E-state index in [2.05, 4.69) is 51.3 Å². The van der Waals surface area contributed by atoms with Gasteiger partial charge in [0.2, 0.25) is 5.95 Å². The van der Waals surface area contributed by atoms with Crippen LogP contribution < -0.4 is 36.0 Å². The van der Waals surface area contributed by atoms with Gasteiger partial charge < -0.3 is 53.5 Å². The Kier molecular flexibility index (Phi) is 19.0. The molecule has 0 amide bonds. The van der Waals surface area contributed by atoms with Gasteiger partial charge in [-0.2, -0.15) is 4.98 Å². The second-order valence-corrected chi connectivity index (χ2v) is 31.0. The number of aliphatic hydroxyl groups excluding tert-OH is 2. The van der Waals surface area contributed by atoms with Crippen molar-refractivity contribution in [3.63, 3.8) is 0 Å². The number of fused-ring (bicyclic) bond motifs is 2. The number of rotatable bonds is 25. The molecule has 494 valence electrons. The number of H-pyrrole nitrogens is 1. The average Bonchev–Trinajstić information content (AvgIpc) is 0.980. The van der Waals surface area contributed by atoms with Crippen LogP contribution in [0.15, 0.2) is 224 Å². The van der Waals surface area contributed by atoms with Gasteiger partial charge in [0, 0.05) is 19.8 Å². The molecule has 2 saturated heterocycles. The van der Waals surface area contributed by atoms with Crippen molar-refractivity contribution in [3.05, 3.63) is 257 Å². The lowest BCUT2D eigenvalue weighted by atomic mass is 9.80. The Morgan fingerprint density at radius 2 is 1.06 bits per heavy atom. The molecule has 96 heavy (non-hydrogen) atoms. The topological polar surface area (TPSA) is 263 Å². The van der Waals surface area contributed by atoms with Crippen LogP contribution in [0.25, 0.3) is 22.3 Å². The number of methoxy groups -OCH3 is 2. The Morgan fingerprint density at radius 3 is 1.60 bits per heavy atom. The Morgan fingerprint density at radius 1 is 0.583 bits per heavy atom. The molecule has 24 heteroatoms. The molecule has 2 aliphatic heterocycles. The third-order valence-electron chi connectivity index (χ3n) is 17.7. The molecule has 5 N–H and O–H groups in total. The lowest BCUT2D eigenvalue weighted by Crippen LogP contribution is -2.69.